The molecule has 3 aliphatic carbocycles. The fraction of sp³-hybridized carbons (Fsp3) is 0.558. The van der Waals surface area contributed by atoms with E-state index in [1.807, 2.05) is 48.5 Å². The molecule has 1 fully saturated rings. The van der Waals surface area contributed by atoms with Crippen LogP contribution >= 0.6 is 0 Å². The predicted molar refractivity (Wildman–Crippen MR) is 499 cm³/mol. The number of benzene rings is 7. The number of anilines is 1. The molecule has 0 bridgehead atoms. The third-order valence-electron chi connectivity index (χ3n) is 15.9. The highest BCUT2D eigenvalue weighted by Gasteiger charge is 2.46. The lowest BCUT2D eigenvalue weighted by Crippen LogP contribution is -2.29. The molecule has 8 nitrogen and oxygen atoms in total. The second-order valence-corrected chi connectivity index (χ2v) is 44.4. The number of para-hydroxylation sites is 2. The van der Waals surface area contributed by atoms with Crippen LogP contribution < -0.4 is 30.7 Å². The van der Waals surface area contributed by atoms with Crippen LogP contribution in [0.1, 0.15) is 312 Å². The molecule has 8 aliphatic rings. The van der Waals surface area contributed by atoms with E-state index in [0.717, 1.165) is 86.9 Å². The molecule has 0 radical (unpaired) electrons. The van der Waals surface area contributed by atoms with Gasteiger partial charge in [0.05, 0.1) is 5.75 Å². The first-order valence-corrected chi connectivity index (χ1v) is 44.2. The Hall–Kier alpha value is -6.75. The highest BCUT2D eigenvalue weighted by Crippen LogP contribution is 2.55. The highest BCUT2D eigenvalue weighted by atomic mass is 32.2. The zero-order valence-electron chi connectivity index (χ0n) is 77.3. The van der Waals surface area contributed by atoms with Gasteiger partial charge in [-0.2, -0.15) is 0 Å². The first-order chi connectivity index (χ1) is 52.2. The van der Waals surface area contributed by atoms with Gasteiger partial charge in [-0.25, -0.2) is 13.1 Å². The molecular formula is C104H165N5O3S. The molecule has 0 atom stereocenters. The SMILES string of the molecule is C=C1CCc2ccccc2N1.C=C1Cc2ccccc2CN1.CC(C)(C)C.CC(C)(C)C.CC(C)(C)C.CC(C)(C)C.CC(C)(C)C.CC(C)(C)C.CC(C)(C)C.O=S1(=O)Cc2ccccc2CN1.c1ccc2c(c1)CCCC2.c1ccc2c(c1)CCCC21CC1.c1ccc2c(c1)CCCNC2.c1ccc2c(c1)CNCCO2. The number of rotatable bonds is 0. The first-order valence-electron chi connectivity index (χ1n) is 42.6. The standard InChI is InChI=1S/C12H14.2C10H11N.C10H13N.C10H12.C9H11NO.C8H9NO2S.7C5H12/c1-2-6-11-10(4-1)5-3-7-12(11)8-9-12;1-8-6-9-4-2-3-5-10(9)7-11-8;1-8-6-7-9-4-2-3-5-10(9)11-8;1-2-5-10-8-11-7-3-6-9(10)4-1;1-2-6-10-8-4-3-7-9(10)5-1;1-2-4-9-8(3-1)7-10-5-6-11-9;10-12(11)6-8-4-2-1-3-7(8)5-9-12;7*1-5(2,3)4/h1-2,4,6H,3,5,7-9H2;2*2-5,11H,1,6-7H2;1-2,4-5,11H,3,6-8H2;1-2,5-6H,3-4,7-8H2;1-4,10H,5-7H2;1-4,9H,5-6H2;7*1-4H3. The third kappa shape index (κ3) is 57.0. The second kappa shape index (κ2) is 50.0. The number of sulfonamides is 1. The van der Waals surface area contributed by atoms with Crippen LogP contribution in [0.5, 0.6) is 5.75 Å². The number of allylic oxidation sites excluding steroid dienone is 2. The van der Waals surface area contributed by atoms with E-state index in [2.05, 4.69) is 354 Å². The fourth-order valence-electron chi connectivity index (χ4n) is 11.3. The van der Waals surface area contributed by atoms with E-state index in [1.165, 1.54) is 110 Å². The number of nitrogens with one attached hydrogen (secondary N) is 5. The normalized spacial score (nSPS) is 16.1. The maximum absolute atomic E-state index is 11.1. The first kappa shape index (κ1) is 102. The lowest BCUT2D eigenvalue weighted by molar-refractivity contribution is 0.326. The summed E-state index contributed by atoms with van der Waals surface area (Å²) in [5.74, 6) is 1.14. The van der Waals surface area contributed by atoms with Crippen molar-refractivity contribution in [3.8, 4) is 5.75 Å². The summed E-state index contributed by atoms with van der Waals surface area (Å²) in [6.07, 6.45) is 18.1. The average molecular weight is 1570 g/mol. The van der Waals surface area contributed by atoms with Gasteiger partial charge in [0.25, 0.3) is 0 Å². The number of fused-ring (bicyclic) bond motifs is 8. The Labute approximate surface area is 696 Å². The second-order valence-electron chi connectivity index (χ2n) is 42.6. The Bertz CT molecular complexity index is 3570. The molecule has 7 aromatic rings. The molecule has 9 heteroatoms. The van der Waals surface area contributed by atoms with E-state index in [1.54, 1.807) is 22.3 Å². The van der Waals surface area contributed by atoms with Crippen LogP contribution in [0, 0.1) is 37.9 Å². The van der Waals surface area contributed by atoms with Crippen molar-refractivity contribution >= 4 is 15.7 Å². The maximum atomic E-state index is 11.1. The molecule has 7 aromatic carbocycles. The van der Waals surface area contributed by atoms with Crippen molar-refractivity contribution in [3.05, 3.63) is 261 Å². The van der Waals surface area contributed by atoms with Gasteiger partial charge < -0.3 is 26.0 Å². The van der Waals surface area contributed by atoms with Gasteiger partial charge in [-0.05, 0) is 207 Å². The van der Waals surface area contributed by atoms with Crippen LogP contribution in [-0.4, -0.2) is 28.1 Å². The van der Waals surface area contributed by atoms with E-state index in [4.69, 9.17) is 4.74 Å². The number of hydrogen-bond acceptors (Lipinski definition) is 7. The van der Waals surface area contributed by atoms with E-state index in [9.17, 15) is 8.42 Å². The van der Waals surface area contributed by atoms with Gasteiger partial charge in [0.1, 0.15) is 12.4 Å². The maximum Gasteiger partial charge on any atom is 0.216 e. The molecule has 15 rings (SSSR count). The molecule has 0 amide bonds. The zero-order chi connectivity index (χ0) is 85.3. The summed E-state index contributed by atoms with van der Waals surface area (Å²) in [6.45, 7) is 75.3. The van der Waals surface area contributed by atoms with Gasteiger partial charge in [0.15, 0.2) is 0 Å². The molecule has 5 aliphatic heterocycles. The van der Waals surface area contributed by atoms with Crippen molar-refractivity contribution in [1.82, 2.24) is 20.7 Å². The number of aryl methyl sites for hydroxylation is 5. The molecule has 0 aromatic heterocycles. The summed E-state index contributed by atoms with van der Waals surface area (Å²) >= 11 is 0. The number of ether oxygens (including phenoxy) is 1. The Morgan fingerprint density at radius 1 is 0.327 bits per heavy atom. The van der Waals surface area contributed by atoms with Crippen molar-refractivity contribution in [2.24, 2.45) is 37.9 Å². The van der Waals surface area contributed by atoms with Gasteiger partial charge in [-0.3, -0.25) is 0 Å². The van der Waals surface area contributed by atoms with Crippen molar-refractivity contribution in [3.63, 3.8) is 0 Å². The lowest BCUT2D eigenvalue weighted by atomic mass is 9.80. The summed E-state index contributed by atoms with van der Waals surface area (Å²) in [4.78, 5) is 0. The largest absolute Gasteiger partial charge is 0.492 e. The lowest BCUT2D eigenvalue weighted by Gasteiger charge is -2.24. The highest BCUT2D eigenvalue weighted by molar-refractivity contribution is 7.88. The molecular weight excluding hydrogens is 1400 g/mol. The Morgan fingerprint density at radius 2 is 0.681 bits per heavy atom. The minimum absolute atomic E-state index is 0.114. The van der Waals surface area contributed by atoms with Crippen LogP contribution in [0.2, 0.25) is 0 Å². The van der Waals surface area contributed by atoms with Crippen molar-refractivity contribution in [2.45, 2.75) is 321 Å². The quantitative estimate of drug-likeness (QED) is 0.103. The number of hydrogen-bond donors (Lipinski definition) is 5. The van der Waals surface area contributed by atoms with Gasteiger partial charge in [-0.15, -0.1) is 0 Å². The molecule has 5 N–H and O–H groups in total. The molecule has 5 heterocycles. The summed E-state index contributed by atoms with van der Waals surface area (Å²) in [5, 5.41) is 13.2. The van der Waals surface area contributed by atoms with E-state index >= 15 is 0 Å². The van der Waals surface area contributed by atoms with E-state index in [-0.39, 0.29) is 5.75 Å². The minimum Gasteiger partial charge on any atom is -0.492 e. The minimum atomic E-state index is -3.05. The molecule has 1 saturated carbocycles. The Morgan fingerprint density at radius 3 is 1.17 bits per heavy atom. The van der Waals surface area contributed by atoms with Gasteiger partial charge in [0.2, 0.25) is 10.0 Å². The summed E-state index contributed by atoms with van der Waals surface area (Å²) < 4.78 is 30.2. The van der Waals surface area contributed by atoms with Crippen molar-refractivity contribution in [2.75, 3.05) is 25.0 Å². The van der Waals surface area contributed by atoms with Gasteiger partial charge >= 0.3 is 0 Å². The molecule has 0 saturated heterocycles. The van der Waals surface area contributed by atoms with E-state index < -0.39 is 10.0 Å². The third-order valence-corrected chi connectivity index (χ3v) is 17.2. The van der Waals surface area contributed by atoms with Crippen molar-refractivity contribution < 1.29 is 13.2 Å². The van der Waals surface area contributed by atoms with E-state index in [0.29, 0.717) is 49.9 Å². The van der Waals surface area contributed by atoms with Crippen LogP contribution in [0.25, 0.3) is 0 Å². The van der Waals surface area contributed by atoms with Gasteiger partial charge in [0, 0.05) is 61.8 Å². The zero-order valence-corrected chi connectivity index (χ0v) is 78.1. The summed E-state index contributed by atoms with van der Waals surface area (Å²) in [5.41, 5.74) is 24.6. The summed E-state index contributed by atoms with van der Waals surface area (Å²) in [6, 6.07) is 59.1. The van der Waals surface area contributed by atoms with Crippen LogP contribution in [0.3, 0.4) is 0 Å². The van der Waals surface area contributed by atoms with Crippen LogP contribution in [0.4, 0.5) is 5.69 Å². The molecule has 630 valence electrons. The Kier molecular flexibility index (Phi) is 45.3. The molecule has 113 heavy (non-hydrogen) atoms. The Balaban J connectivity index is 0.000000420. The van der Waals surface area contributed by atoms with Gasteiger partial charge in [-0.1, -0.05) is 365 Å². The summed E-state index contributed by atoms with van der Waals surface area (Å²) in [7, 11) is -3.05. The smallest absolute Gasteiger partial charge is 0.216 e. The van der Waals surface area contributed by atoms with Crippen LogP contribution in [-0.2, 0) is 85.9 Å². The topological polar surface area (TPSA) is 104 Å². The molecule has 1 spiro atoms. The fourth-order valence-corrected chi connectivity index (χ4v) is 12.5. The predicted octanol–water partition coefficient (Wildman–Crippen LogP) is 27.9. The monoisotopic (exact) mass is 1560 g/mol. The van der Waals surface area contributed by atoms with Crippen LogP contribution in [0.15, 0.2) is 194 Å². The molecule has 0 unspecified atom stereocenters. The van der Waals surface area contributed by atoms with Crippen molar-refractivity contribution in [1.29, 1.82) is 0 Å². The average Bonchev–Trinajstić information content (AvgIpc) is 1.60.